The molecule has 5 nitrogen and oxygen atoms in total. The van der Waals surface area contributed by atoms with Crippen molar-refractivity contribution < 1.29 is 13.9 Å². The number of halogens is 1. The van der Waals surface area contributed by atoms with E-state index < -0.39 is 11.7 Å². The Balaban J connectivity index is 2.07. The van der Waals surface area contributed by atoms with Crippen LogP contribution < -0.4 is 10.2 Å². The number of carbonyl (C=O) groups is 1. The Morgan fingerprint density at radius 2 is 2.13 bits per heavy atom. The summed E-state index contributed by atoms with van der Waals surface area (Å²) in [5, 5.41) is 12.5. The van der Waals surface area contributed by atoms with Gasteiger partial charge in [0.2, 0.25) is 0 Å². The number of amides is 1. The van der Waals surface area contributed by atoms with Crippen molar-refractivity contribution in [1.29, 1.82) is 5.26 Å². The molecule has 0 bridgehead atoms. The van der Waals surface area contributed by atoms with Gasteiger partial charge in [-0.3, -0.25) is 4.79 Å². The van der Waals surface area contributed by atoms with Crippen molar-refractivity contribution in [3.05, 3.63) is 64.5 Å². The second-order valence-corrected chi connectivity index (χ2v) is 4.73. The molecule has 0 aliphatic carbocycles. The van der Waals surface area contributed by atoms with Gasteiger partial charge >= 0.3 is 0 Å². The van der Waals surface area contributed by atoms with E-state index in [4.69, 9.17) is 10.00 Å². The second-order valence-electron chi connectivity index (χ2n) is 4.73. The molecule has 2 rings (SSSR count). The van der Waals surface area contributed by atoms with Gasteiger partial charge in [0.25, 0.3) is 5.91 Å². The van der Waals surface area contributed by atoms with Crippen LogP contribution in [0.15, 0.2) is 41.5 Å². The van der Waals surface area contributed by atoms with Crippen LogP contribution in [0.4, 0.5) is 4.39 Å². The summed E-state index contributed by atoms with van der Waals surface area (Å²) in [5.74, 6) is -0.698. The Morgan fingerprint density at radius 3 is 2.74 bits per heavy atom. The van der Waals surface area contributed by atoms with E-state index in [1.807, 2.05) is 13.0 Å². The van der Waals surface area contributed by atoms with Crippen LogP contribution in [0.3, 0.4) is 0 Å². The molecule has 1 N–H and O–H groups in total. The van der Waals surface area contributed by atoms with Crippen molar-refractivity contribution in [2.45, 2.75) is 6.92 Å². The summed E-state index contributed by atoms with van der Waals surface area (Å²) in [4.78, 5) is 11.9. The lowest BCUT2D eigenvalue weighted by molar-refractivity contribution is 0.0951. The first-order valence-corrected chi connectivity index (χ1v) is 6.73. The number of methoxy groups -OCH3 is 1. The summed E-state index contributed by atoms with van der Waals surface area (Å²) in [6.07, 6.45) is 1.45. The maximum atomic E-state index is 13.7. The van der Waals surface area contributed by atoms with Gasteiger partial charge in [0.1, 0.15) is 11.6 Å². The Kier molecular flexibility index (Phi) is 5.05. The summed E-state index contributed by atoms with van der Waals surface area (Å²) < 4.78 is 18.9. The topological polar surface area (TPSA) is 74.5 Å². The minimum Gasteiger partial charge on any atom is -0.496 e. The van der Waals surface area contributed by atoms with Gasteiger partial charge in [0, 0.05) is 0 Å². The number of hydrogen-bond donors (Lipinski definition) is 1. The number of nitrogens with one attached hydrogen (secondary N) is 1. The van der Waals surface area contributed by atoms with E-state index in [1.165, 1.54) is 18.3 Å². The molecule has 0 atom stereocenters. The fraction of sp³-hybridized carbons (Fsp3) is 0.118. The maximum absolute atomic E-state index is 13.7. The number of hydrazone groups is 1. The Bertz CT molecular complexity index is 810. The van der Waals surface area contributed by atoms with E-state index in [2.05, 4.69) is 10.5 Å². The number of nitriles is 1. The van der Waals surface area contributed by atoms with E-state index in [-0.39, 0.29) is 11.1 Å². The molecule has 2 aromatic rings. The largest absolute Gasteiger partial charge is 0.496 e. The molecule has 116 valence electrons. The van der Waals surface area contributed by atoms with Gasteiger partial charge in [-0.2, -0.15) is 10.4 Å². The van der Waals surface area contributed by atoms with Crippen LogP contribution in [0, 0.1) is 24.1 Å². The number of carbonyl (C=O) groups excluding carboxylic acids is 1. The van der Waals surface area contributed by atoms with Crippen molar-refractivity contribution in [2.75, 3.05) is 7.11 Å². The fourth-order valence-electron chi connectivity index (χ4n) is 1.98. The highest BCUT2D eigenvalue weighted by molar-refractivity contribution is 5.95. The lowest BCUT2D eigenvalue weighted by Crippen LogP contribution is -2.19. The average molecular weight is 311 g/mol. The van der Waals surface area contributed by atoms with Crippen LogP contribution in [-0.4, -0.2) is 19.2 Å². The first kappa shape index (κ1) is 16.2. The zero-order chi connectivity index (χ0) is 16.8. The van der Waals surface area contributed by atoms with Gasteiger partial charge in [-0.1, -0.05) is 0 Å². The molecule has 0 aliphatic rings. The second kappa shape index (κ2) is 7.18. The summed E-state index contributed by atoms with van der Waals surface area (Å²) >= 11 is 0. The van der Waals surface area contributed by atoms with Crippen LogP contribution >= 0.6 is 0 Å². The number of rotatable bonds is 4. The third-order valence-corrected chi connectivity index (χ3v) is 3.14. The maximum Gasteiger partial charge on any atom is 0.274 e. The average Bonchev–Trinajstić information content (AvgIpc) is 2.54. The van der Waals surface area contributed by atoms with Gasteiger partial charge < -0.3 is 4.74 Å². The number of hydrogen-bond acceptors (Lipinski definition) is 4. The number of nitrogens with zero attached hydrogens (tertiary/aromatic N) is 2. The normalized spacial score (nSPS) is 10.3. The molecule has 23 heavy (non-hydrogen) atoms. The van der Waals surface area contributed by atoms with Crippen LogP contribution in [0.5, 0.6) is 5.75 Å². The summed E-state index contributed by atoms with van der Waals surface area (Å²) in [7, 11) is 1.59. The van der Waals surface area contributed by atoms with Crippen LogP contribution in [0.25, 0.3) is 0 Å². The van der Waals surface area contributed by atoms with E-state index in [0.29, 0.717) is 0 Å². The quantitative estimate of drug-likeness (QED) is 0.697. The van der Waals surface area contributed by atoms with Crippen molar-refractivity contribution in [3.8, 4) is 11.8 Å². The number of ether oxygens (including phenoxy) is 1. The van der Waals surface area contributed by atoms with Crippen molar-refractivity contribution in [3.63, 3.8) is 0 Å². The molecule has 0 radical (unpaired) electrons. The molecule has 0 saturated heterocycles. The molecule has 0 aromatic heterocycles. The predicted molar refractivity (Wildman–Crippen MR) is 83.9 cm³/mol. The minimum atomic E-state index is -0.767. The Hall–Kier alpha value is -3.20. The molecule has 1 amide bonds. The Labute approximate surface area is 133 Å². The first-order chi connectivity index (χ1) is 11.0. The van der Waals surface area contributed by atoms with Crippen molar-refractivity contribution in [1.82, 2.24) is 5.43 Å². The first-order valence-electron chi connectivity index (χ1n) is 6.73. The van der Waals surface area contributed by atoms with E-state index in [1.54, 1.807) is 25.3 Å². The summed E-state index contributed by atoms with van der Waals surface area (Å²) in [6, 6.07) is 10.8. The monoisotopic (exact) mass is 311 g/mol. The molecule has 0 heterocycles. The molecule has 0 saturated carbocycles. The highest BCUT2D eigenvalue weighted by Gasteiger charge is 2.11. The van der Waals surface area contributed by atoms with Crippen molar-refractivity contribution in [2.24, 2.45) is 5.10 Å². The van der Waals surface area contributed by atoms with Gasteiger partial charge in [-0.05, 0) is 54.4 Å². The standard InChI is InChI=1S/C17H14FN3O2/c1-11-7-13(4-6-16(11)23-2)10-20-21-17(22)14-5-3-12(9-19)8-15(14)18/h3-8,10H,1-2H3,(H,21,22)/b20-10-. The summed E-state index contributed by atoms with van der Waals surface area (Å²) in [5.41, 5.74) is 3.92. The molecule has 0 spiro atoms. The Morgan fingerprint density at radius 1 is 1.35 bits per heavy atom. The van der Waals surface area contributed by atoms with Gasteiger partial charge in [-0.15, -0.1) is 0 Å². The fourth-order valence-corrected chi connectivity index (χ4v) is 1.98. The third kappa shape index (κ3) is 3.92. The number of benzene rings is 2. The van der Waals surface area contributed by atoms with Gasteiger partial charge in [-0.25, -0.2) is 9.82 Å². The van der Waals surface area contributed by atoms with Crippen LogP contribution in [0.2, 0.25) is 0 Å². The highest BCUT2D eigenvalue weighted by atomic mass is 19.1. The zero-order valence-electron chi connectivity index (χ0n) is 12.6. The molecule has 6 heteroatoms. The lowest BCUT2D eigenvalue weighted by atomic mass is 10.1. The molecule has 0 fully saturated rings. The van der Waals surface area contributed by atoms with Gasteiger partial charge in [0.05, 0.1) is 30.5 Å². The van der Waals surface area contributed by atoms with Crippen LogP contribution in [0.1, 0.15) is 27.0 Å². The third-order valence-electron chi connectivity index (χ3n) is 3.14. The van der Waals surface area contributed by atoms with E-state index in [0.717, 1.165) is 22.9 Å². The minimum absolute atomic E-state index is 0.149. The molecule has 0 aliphatic heterocycles. The smallest absolute Gasteiger partial charge is 0.274 e. The molecular weight excluding hydrogens is 297 g/mol. The SMILES string of the molecule is COc1ccc(/C=N\NC(=O)c2ccc(C#N)cc2F)cc1C. The predicted octanol–water partition coefficient (Wildman–Crippen LogP) is 2.78. The molecule has 2 aromatic carbocycles. The number of aryl methyl sites for hydroxylation is 1. The lowest BCUT2D eigenvalue weighted by Gasteiger charge is -2.04. The van der Waals surface area contributed by atoms with E-state index >= 15 is 0 Å². The van der Waals surface area contributed by atoms with Crippen LogP contribution in [-0.2, 0) is 0 Å². The summed E-state index contributed by atoms with van der Waals surface area (Å²) in [6.45, 7) is 1.89. The van der Waals surface area contributed by atoms with Crippen molar-refractivity contribution >= 4 is 12.1 Å². The molecule has 0 unspecified atom stereocenters. The van der Waals surface area contributed by atoms with E-state index in [9.17, 15) is 9.18 Å². The zero-order valence-corrected chi connectivity index (χ0v) is 12.6. The van der Waals surface area contributed by atoms with Gasteiger partial charge in [0.15, 0.2) is 0 Å². The molecular formula is C17H14FN3O2. The highest BCUT2D eigenvalue weighted by Crippen LogP contribution is 2.17.